The highest BCUT2D eigenvalue weighted by atomic mass is 31.0. The summed E-state index contributed by atoms with van der Waals surface area (Å²) < 4.78 is 10.7. The van der Waals surface area contributed by atoms with E-state index in [1.54, 1.807) is 6.20 Å². The molecule has 0 aromatic carbocycles. The quantitative estimate of drug-likeness (QED) is 0.305. The van der Waals surface area contributed by atoms with Gasteiger partial charge in [0.05, 0.1) is 6.33 Å². The van der Waals surface area contributed by atoms with E-state index in [0.29, 0.717) is 12.1 Å². The van der Waals surface area contributed by atoms with Crippen molar-refractivity contribution in [2.75, 3.05) is 11.5 Å². The van der Waals surface area contributed by atoms with Gasteiger partial charge in [0.1, 0.15) is 5.82 Å². The summed E-state index contributed by atoms with van der Waals surface area (Å²) >= 11 is 0. The van der Waals surface area contributed by atoms with Crippen LogP contribution in [0.2, 0.25) is 0 Å². The molecule has 0 bridgehead atoms. The topological polar surface area (TPSA) is 42.0 Å². The van der Waals surface area contributed by atoms with Gasteiger partial charge in [0.2, 0.25) is 0 Å². The van der Waals surface area contributed by atoms with E-state index in [9.17, 15) is 9.18 Å². The molecule has 1 aromatic rings. The zero-order valence-electron chi connectivity index (χ0n) is 18.0. The Labute approximate surface area is 177 Å². The number of amides is 1. The second-order valence-electron chi connectivity index (χ2n) is 6.29. The average Bonchev–Trinajstić information content (AvgIpc) is 2.72. The van der Waals surface area contributed by atoms with Gasteiger partial charge in [-0.3, -0.25) is 4.79 Å². The van der Waals surface area contributed by atoms with E-state index in [1.165, 1.54) is 17.7 Å². The van der Waals surface area contributed by atoms with E-state index in [1.807, 2.05) is 52.0 Å². The minimum Gasteiger partial charge on any atom is -0.307 e. The lowest BCUT2D eigenvalue weighted by atomic mass is 10.1. The normalized spacial score (nSPS) is 12.7. The Morgan fingerprint density at radius 3 is 2.45 bits per heavy atom. The van der Waals surface area contributed by atoms with Gasteiger partial charge in [-0.2, -0.15) is 0 Å². The molecule has 0 aliphatic carbocycles. The van der Waals surface area contributed by atoms with Crippen LogP contribution in [0.25, 0.3) is 6.08 Å². The monoisotopic (exact) mass is 414 g/mol. The lowest BCUT2D eigenvalue weighted by Crippen LogP contribution is -2.15. The number of anilines is 1. The van der Waals surface area contributed by atoms with Crippen LogP contribution < -0.4 is 5.32 Å². The van der Waals surface area contributed by atoms with Crippen LogP contribution in [0.3, 0.4) is 0 Å². The molecular formula is C24H32FN2OP. The Hall–Kier alpha value is -2.58. The maximum absolute atomic E-state index is 12.2. The molecule has 5 heteroatoms. The summed E-state index contributed by atoms with van der Waals surface area (Å²) in [6.07, 6.45) is 15.7. The van der Waals surface area contributed by atoms with Crippen LogP contribution in [-0.2, 0) is 4.79 Å². The standard InChI is InChI=1S/C20H27N2OP.C4H5F/c1-6-14(2)9-7-8-10-18-12-21-19(11-15(18)3)22-20(23)17(5)16(4)13-24;1-2-3-4-5/h6-12H,13,24H2,1-5H3,(H,21,22,23);2-4H,1H2/b9-7-,10-8+,14-6-,17-16-;4-3+. The average molecular weight is 415 g/mol. The number of nitrogens with zero attached hydrogens (tertiary/aromatic N) is 1. The molecule has 1 N–H and O–H groups in total. The van der Waals surface area contributed by atoms with Gasteiger partial charge < -0.3 is 5.32 Å². The van der Waals surface area contributed by atoms with Crippen molar-refractivity contribution in [2.24, 2.45) is 0 Å². The number of allylic oxidation sites excluding steroid dienone is 8. The number of hydrogen-bond acceptors (Lipinski definition) is 2. The number of halogens is 1. The fraction of sp³-hybridized carbons (Fsp3) is 0.250. The third kappa shape index (κ3) is 11.1. The number of rotatable bonds is 7. The van der Waals surface area contributed by atoms with E-state index in [0.717, 1.165) is 28.4 Å². The third-order valence-electron chi connectivity index (χ3n) is 4.09. The third-order valence-corrected chi connectivity index (χ3v) is 4.70. The molecule has 0 spiro atoms. The second kappa shape index (κ2) is 15.4. The number of carbonyl (C=O) groups is 1. The molecule has 3 nitrogen and oxygen atoms in total. The van der Waals surface area contributed by atoms with Crippen molar-refractivity contribution >= 4 is 27.0 Å². The summed E-state index contributed by atoms with van der Waals surface area (Å²) in [6, 6.07) is 1.89. The summed E-state index contributed by atoms with van der Waals surface area (Å²) in [4.78, 5) is 16.5. The number of aryl methyl sites for hydroxylation is 1. The summed E-state index contributed by atoms with van der Waals surface area (Å²) in [7, 11) is 2.63. The highest BCUT2D eigenvalue weighted by Crippen LogP contribution is 2.15. The molecule has 156 valence electrons. The van der Waals surface area contributed by atoms with Crippen LogP contribution in [0.4, 0.5) is 10.2 Å². The molecule has 1 rings (SSSR count). The van der Waals surface area contributed by atoms with Gasteiger partial charge in [0, 0.05) is 11.8 Å². The molecule has 0 saturated heterocycles. The van der Waals surface area contributed by atoms with E-state index < -0.39 is 0 Å². The largest absolute Gasteiger partial charge is 0.307 e. The van der Waals surface area contributed by atoms with Gasteiger partial charge in [-0.25, -0.2) is 9.37 Å². The molecule has 0 fully saturated rings. The van der Waals surface area contributed by atoms with Gasteiger partial charge in [-0.1, -0.05) is 54.2 Å². The van der Waals surface area contributed by atoms with Gasteiger partial charge >= 0.3 is 0 Å². The Kier molecular flexibility index (Phi) is 14.0. The number of aromatic nitrogens is 1. The van der Waals surface area contributed by atoms with Crippen molar-refractivity contribution < 1.29 is 9.18 Å². The van der Waals surface area contributed by atoms with Gasteiger partial charge in [0.15, 0.2) is 0 Å². The molecule has 1 aromatic heterocycles. The molecule has 0 saturated carbocycles. The molecular weight excluding hydrogens is 382 g/mol. The predicted molar refractivity (Wildman–Crippen MR) is 129 cm³/mol. The van der Waals surface area contributed by atoms with Crippen molar-refractivity contribution in [3.05, 3.63) is 89.5 Å². The van der Waals surface area contributed by atoms with Crippen LogP contribution in [0.15, 0.2) is 78.3 Å². The SMILES string of the molecule is C=C/C=C/F.C\C=C(C)/C=C\C=C\c1cnc(NC(=O)/C(C)=C(/C)CP)cc1C. The fourth-order valence-electron chi connectivity index (χ4n) is 1.88. The minimum atomic E-state index is -0.102. The number of hydrogen-bond donors (Lipinski definition) is 1. The Morgan fingerprint density at radius 1 is 1.28 bits per heavy atom. The minimum absolute atomic E-state index is 0.102. The summed E-state index contributed by atoms with van der Waals surface area (Å²) in [5.41, 5.74) is 5.10. The molecule has 1 amide bonds. The van der Waals surface area contributed by atoms with E-state index in [-0.39, 0.29) is 5.91 Å². The predicted octanol–water partition coefficient (Wildman–Crippen LogP) is 6.73. The number of carbonyl (C=O) groups excluding carboxylic acids is 1. The van der Waals surface area contributed by atoms with Crippen LogP contribution in [0.1, 0.15) is 38.8 Å². The van der Waals surface area contributed by atoms with Gasteiger partial charge in [0.25, 0.3) is 5.91 Å². The Bertz CT molecular complexity index is 833. The maximum atomic E-state index is 12.2. The molecule has 0 aliphatic rings. The lowest BCUT2D eigenvalue weighted by Gasteiger charge is -2.09. The van der Waals surface area contributed by atoms with Crippen LogP contribution in [0.5, 0.6) is 0 Å². The van der Waals surface area contributed by atoms with E-state index in [2.05, 4.69) is 45.2 Å². The molecule has 0 aliphatic heterocycles. The Balaban J connectivity index is 0.00000139. The first-order valence-corrected chi connectivity index (χ1v) is 10.1. The molecule has 1 atom stereocenters. The molecule has 1 unspecified atom stereocenters. The van der Waals surface area contributed by atoms with Crippen molar-refractivity contribution in [3.63, 3.8) is 0 Å². The summed E-state index contributed by atoms with van der Waals surface area (Å²) in [5, 5.41) is 2.85. The van der Waals surface area contributed by atoms with Crippen LogP contribution >= 0.6 is 9.24 Å². The fourth-order valence-corrected chi connectivity index (χ4v) is 2.19. The first-order valence-electron chi connectivity index (χ1n) is 9.30. The maximum Gasteiger partial charge on any atom is 0.252 e. The molecule has 0 radical (unpaired) electrons. The smallest absolute Gasteiger partial charge is 0.252 e. The number of pyridine rings is 1. The first-order chi connectivity index (χ1) is 13.8. The zero-order chi connectivity index (χ0) is 22.2. The number of nitrogens with one attached hydrogen (secondary N) is 1. The van der Waals surface area contributed by atoms with E-state index >= 15 is 0 Å². The summed E-state index contributed by atoms with van der Waals surface area (Å²) in [6.45, 7) is 13.1. The van der Waals surface area contributed by atoms with Crippen molar-refractivity contribution in [2.45, 2.75) is 34.6 Å². The second-order valence-corrected chi connectivity index (χ2v) is 6.70. The Morgan fingerprint density at radius 2 is 1.97 bits per heavy atom. The van der Waals surface area contributed by atoms with Crippen molar-refractivity contribution in [1.82, 2.24) is 4.98 Å². The molecule has 1 heterocycles. The van der Waals surface area contributed by atoms with Gasteiger partial charge in [-0.15, -0.1) is 9.24 Å². The van der Waals surface area contributed by atoms with Crippen LogP contribution in [0, 0.1) is 6.92 Å². The van der Waals surface area contributed by atoms with E-state index in [4.69, 9.17) is 0 Å². The summed E-state index contributed by atoms with van der Waals surface area (Å²) in [5.74, 6) is 0.473. The van der Waals surface area contributed by atoms with Crippen LogP contribution in [-0.4, -0.2) is 17.1 Å². The highest BCUT2D eigenvalue weighted by Gasteiger charge is 2.08. The highest BCUT2D eigenvalue weighted by molar-refractivity contribution is 7.16. The first kappa shape index (κ1) is 26.4. The van der Waals surface area contributed by atoms with Gasteiger partial charge in [-0.05, 0) is 64.0 Å². The van der Waals surface area contributed by atoms with Crippen molar-refractivity contribution in [1.29, 1.82) is 0 Å². The lowest BCUT2D eigenvalue weighted by molar-refractivity contribution is -0.112. The molecule has 29 heavy (non-hydrogen) atoms. The zero-order valence-corrected chi connectivity index (χ0v) is 19.2. The van der Waals surface area contributed by atoms with Crippen molar-refractivity contribution in [3.8, 4) is 0 Å².